The predicted molar refractivity (Wildman–Crippen MR) is 127 cm³/mol. The molecule has 0 bridgehead atoms. The first-order valence-electron chi connectivity index (χ1n) is 8.15. The fourth-order valence-corrected chi connectivity index (χ4v) is 4.18. The van der Waals surface area contributed by atoms with Gasteiger partial charge in [0.05, 0.1) is 11.3 Å². The average Bonchev–Trinajstić information content (AvgIpc) is 2.69. The minimum atomic E-state index is -1.12. The predicted octanol–water partition coefficient (Wildman–Crippen LogP) is 7.04. The van der Waals surface area contributed by atoms with Gasteiger partial charge in [0.25, 0.3) is 5.91 Å². The molecule has 3 rings (SSSR count). The van der Waals surface area contributed by atoms with Crippen molar-refractivity contribution in [2.75, 3.05) is 10.0 Å². The maximum absolute atomic E-state index is 12.7. The molecule has 148 valence electrons. The number of aromatic carboxylic acids is 1. The van der Waals surface area contributed by atoms with Gasteiger partial charge in [-0.2, -0.15) is 0 Å². The zero-order chi connectivity index (χ0) is 21.0. The number of carbonyl (C=O) groups is 2. The van der Waals surface area contributed by atoms with E-state index in [2.05, 4.69) is 57.8 Å². The summed E-state index contributed by atoms with van der Waals surface area (Å²) in [5, 5.41) is 12.0. The molecule has 1 amide bonds. The van der Waals surface area contributed by atoms with E-state index in [1.165, 1.54) is 18.0 Å². The SMILES string of the molecule is O=C(Nc1ccc(Br)cc1C(=O)O)c1ccc(Br)c(SNc2ccc(Br)cc2)c1. The Bertz CT molecular complexity index is 1080. The van der Waals surface area contributed by atoms with Crippen molar-refractivity contribution < 1.29 is 14.7 Å². The molecule has 0 saturated carbocycles. The summed E-state index contributed by atoms with van der Waals surface area (Å²) in [6.07, 6.45) is 0. The molecule has 9 heteroatoms. The molecule has 0 heterocycles. The molecular formula is C20H13Br3N2O3S. The number of benzene rings is 3. The number of amides is 1. The zero-order valence-electron chi connectivity index (χ0n) is 14.6. The van der Waals surface area contributed by atoms with E-state index in [4.69, 9.17) is 0 Å². The second kappa shape index (κ2) is 9.80. The summed E-state index contributed by atoms with van der Waals surface area (Å²) in [4.78, 5) is 24.9. The van der Waals surface area contributed by atoms with Crippen LogP contribution in [0, 0.1) is 0 Å². The lowest BCUT2D eigenvalue weighted by atomic mass is 10.1. The Labute approximate surface area is 196 Å². The van der Waals surface area contributed by atoms with Gasteiger partial charge in [0.2, 0.25) is 0 Å². The third-order valence-electron chi connectivity index (χ3n) is 3.78. The molecular weight excluding hydrogens is 588 g/mol. The van der Waals surface area contributed by atoms with Gasteiger partial charge in [0.15, 0.2) is 0 Å². The van der Waals surface area contributed by atoms with E-state index in [0.717, 1.165) is 19.5 Å². The van der Waals surface area contributed by atoms with Gasteiger partial charge in [-0.15, -0.1) is 0 Å². The highest BCUT2D eigenvalue weighted by Crippen LogP contribution is 2.30. The van der Waals surface area contributed by atoms with Crippen LogP contribution in [-0.2, 0) is 0 Å². The van der Waals surface area contributed by atoms with E-state index in [-0.39, 0.29) is 11.3 Å². The van der Waals surface area contributed by atoms with Gasteiger partial charge in [-0.3, -0.25) is 4.79 Å². The van der Waals surface area contributed by atoms with E-state index >= 15 is 0 Å². The summed E-state index contributed by atoms with van der Waals surface area (Å²) < 4.78 is 5.67. The first-order chi connectivity index (χ1) is 13.8. The smallest absolute Gasteiger partial charge is 0.337 e. The van der Waals surface area contributed by atoms with Crippen molar-refractivity contribution in [3.8, 4) is 0 Å². The summed E-state index contributed by atoms with van der Waals surface area (Å²) in [6.45, 7) is 0. The highest BCUT2D eigenvalue weighted by molar-refractivity contribution is 9.11. The molecule has 0 radical (unpaired) electrons. The Kier molecular flexibility index (Phi) is 7.39. The Morgan fingerprint density at radius 3 is 2.24 bits per heavy atom. The molecule has 3 N–H and O–H groups in total. The summed E-state index contributed by atoms with van der Waals surface area (Å²) in [5.41, 5.74) is 1.57. The summed E-state index contributed by atoms with van der Waals surface area (Å²) >= 11 is 11.5. The first kappa shape index (κ1) is 21.9. The van der Waals surface area contributed by atoms with Crippen LogP contribution in [0.3, 0.4) is 0 Å². The van der Waals surface area contributed by atoms with Crippen molar-refractivity contribution in [1.82, 2.24) is 0 Å². The molecule has 0 saturated heterocycles. The maximum Gasteiger partial charge on any atom is 0.337 e. The summed E-state index contributed by atoms with van der Waals surface area (Å²) in [5.74, 6) is -1.51. The van der Waals surface area contributed by atoms with E-state index in [9.17, 15) is 14.7 Å². The van der Waals surface area contributed by atoms with Crippen LogP contribution in [0.2, 0.25) is 0 Å². The van der Waals surface area contributed by atoms with Gasteiger partial charge in [0.1, 0.15) is 0 Å². The highest BCUT2D eigenvalue weighted by atomic mass is 79.9. The molecule has 0 unspecified atom stereocenters. The van der Waals surface area contributed by atoms with Crippen molar-refractivity contribution in [3.05, 3.63) is 85.2 Å². The monoisotopic (exact) mass is 598 g/mol. The number of carbonyl (C=O) groups excluding carboxylic acids is 1. The topological polar surface area (TPSA) is 78.4 Å². The van der Waals surface area contributed by atoms with Gasteiger partial charge >= 0.3 is 5.97 Å². The van der Waals surface area contributed by atoms with E-state index in [1.807, 2.05) is 24.3 Å². The number of carboxylic acid groups (broad SMARTS) is 1. The lowest BCUT2D eigenvalue weighted by Gasteiger charge is -2.11. The zero-order valence-corrected chi connectivity index (χ0v) is 20.2. The third-order valence-corrected chi connectivity index (χ3v) is 6.65. The maximum atomic E-state index is 12.7. The standard InChI is InChI=1S/C20H13Br3N2O3S/c21-12-2-5-14(6-3-12)25-29-18-9-11(1-7-16(18)23)19(26)24-17-8-4-13(22)10-15(17)20(27)28/h1-10,25H,(H,24,26)(H,27,28). The van der Waals surface area contributed by atoms with Crippen LogP contribution >= 0.6 is 59.7 Å². The van der Waals surface area contributed by atoms with Crippen LogP contribution in [0.15, 0.2) is 79.0 Å². The van der Waals surface area contributed by atoms with Crippen molar-refractivity contribution >= 4 is 83.0 Å². The van der Waals surface area contributed by atoms with E-state index in [0.29, 0.717) is 10.0 Å². The molecule has 29 heavy (non-hydrogen) atoms. The molecule has 3 aromatic carbocycles. The fraction of sp³-hybridized carbons (Fsp3) is 0. The summed E-state index contributed by atoms with van der Waals surface area (Å²) in [6, 6.07) is 17.6. The van der Waals surface area contributed by atoms with Gasteiger partial charge in [-0.1, -0.05) is 31.9 Å². The molecule has 0 aromatic heterocycles. The van der Waals surface area contributed by atoms with Gasteiger partial charge in [-0.25, -0.2) is 4.79 Å². The van der Waals surface area contributed by atoms with Crippen molar-refractivity contribution in [1.29, 1.82) is 0 Å². The Morgan fingerprint density at radius 2 is 1.55 bits per heavy atom. The second-order valence-corrected chi connectivity index (χ2v) is 9.34. The van der Waals surface area contributed by atoms with Crippen LogP contribution in [0.1, 0.15) is 20.7 Å². The Morgan fingerprint density at radius 1 is 0.862 bits per heavy atom. The van der Waals surface area contributed by atoms with E-state index in [1.54, 1.807) is 30.3 Å². The molecule has 0 aliphatic heterocycles. The number of halogens is 3. The Hall–Kier alpha value is -1.81. The quantitative estimate of drug-likeness (QED) is 0.264. The second-order valence-electron chi connectivity index (χ2n) is 5.81. The van der Waals surface area contributed by atoms with Crippen molar-refractivity contribution in [3.63, 3.8) is 0 Å². The number of nitrogens with one attached hydrogen (secondary N) is 2. The highest BCUT2D eigenvalue weighted by Gasteiger charge is 2.15. The minimum Gasteiger partial charge on any atom is -0.478 e. The molecule has 5 nitrogen and oxygen atoms in total. The molecule has 0 atom stereocenters. The lowest BCUT2D eigenvalue weighted by Crippen LogP contribution is -2.15. The molecule has 0 aliphatic carbocycles. The van der Waals surface area contributed by atoms with Crippen LogP contribution < -0.4 is 10.0 Å². The lowest BCUT2D eigenvalue weighted by molar-refractivity contribution is 0.0698. The largest absolute Gasteiger partial charge is 0.478 e. The molecule has 0 aliphatic rings. The summed E-state index contributed by atoms with van der Waals surface area (Å²) in [7, 11) is 0. The van der Waals surface area contributed by atoms with Crippen LogP contribution in [-0.4, -0.2) is 17.0 Å². The number of hydrogen-bond acceptors (Lipinski definition) is 4. The number of anilines is 2. The number of hydrogen-bond donors (Lipinski definition) is 3. The molecule has 3 aromatic rings. The van der Waals surface area contributed by atoms with Gasteiger partial charge < -0.3 is 15.1 Å². The normalized spacial score (nSPS) is 10.4. The Balaban J connectivity index is 1.77. The van der Waals surface area contributed by atoms with Gasteiger partial charge in [-0.05, 0) is 88.5 Å². The fourth-order valence-electron chi connectivity index (χ4n) is 2.35. The molecule has 0 spiro atoms. The van der Waals surface area contributed by atoms with Crippen LogP contribution in [0.4, 0.5) is 11.4 Å². The third kappa shape index (κ3) is 5.85. The molecule has 0 fully saturated rings. The van der Waals surface area contributed by atoms with E-state index < -0.39 is 11.9 Å². The van der Waals surface area contributed by atoms with Crippen molar-refractivity contribution in [2.45, 2.75) is 4.90 Å². The number of rotatable bonds is 6. The van der Waals surface area contributed by atoms with Crippen molar-refractivity contribution in [2.24, 2.45) is 0 Å². The van der Waals surface area contributed by atoms with Gasteiger partial charge in [0, 0.05) is 29.6 Å². The number of carboxylic acids is 1. The average molecular weight is 601 g/mol. The van der Waals surface area contributed by atoms with Crippen LogP contribution in [0.25, 0.3) is 0 Å². The first-order valence-corrected chi connectivity index (χ1v) is 11.3. The minimum absolute atomic E-state index is 0.0105. The van der Waals surface area contributed by atoms with Crippen LogP contribution in [0.5, 0.6) is 0 Å².